The second-order valence-electron chi connectivity index (χ2n) is 11.9. The summed E-state index contributed by atoms with van der Waals surface area (Å²) >= 11 is 3.13. The zero-order valence-electron chi connectivity index (χ0n) is 33.5. The molecule has 2 saturated heterocycles. The Balaban J connectivity index is -0.0000000543. The average molecular weight is 770 g/mol. The van der Waals surface area contributed by atoms with Crippen LogP contribution < -0.4 is 0 Å². The van der Waals surface area contributed by atoms with Crippen LogP contribution >= 0.6 is 15.9 Å². The molecule has 0 aromatic rings. The first-order chi connectivity index (χ1) is 22.3. The Kier molecular flexibility index (Phi) is 111. The summed E-state index contributed by atoms with van der Waals surface area (Å²) in [7, 11) is 0. The van der Waals surface area contributed by atoms with Crippen molar-refractivity contribution in [3.8, 4) is 0 Å². The zero-order chi connectivity index (χ0) is 36.5. The molecule has 3 unspecified atom stereocenters. The van der Waals surface area contributed by atoms with Crippen LogP contribution in [0, 0.1) is 5.92 Å². The molecule has 0 spiro atoms. The number of hydrogen-bond donors (Lipinski definition) is 1. The van der Waals surface area contributed by atoms with E-state index in [9.17, 15) is 0 Å². The van der Waals surface area contributed by atoms with E-state index in [1.165, 1.54) is 122 Å². The lowest BCUT2D eigenvalue weighted by Crippen LogP contribution is -2.04. The van der Waals surface area contributed by atoms with Crippen molar-refractivity contribution < 1.29 is 14.6 Å². The summed E-state index contributed by atoms with van der Waals surface area (Å²) in [5, 5.41) is 9.78. The Bertz CT molecular complexity index is 446. The van der Waals surface area contributed by atoms with Gasteiger partial charge in [-0.2, -0.15) is 0 Å². The first kappa shape index (κ1) is 70.2. The number of rotatable bonds is 19. The van der Waals surface area contributed by atoms with Crippen LogP contribution in [0.15, 0.2) is 38.0 Å². The van der Waals surface area contributed by atoms with Crippen molar-refractivity contribution in [1.29, 1.82) is 0 Å². The summed E-state index contributed by atoms with van der Waals surface area (Å²) in [6, 6.07) is 0. The summed E-state index contributed by atoms with van der Waals surface area (Å²) < 4.78 is 10.0. The molecule has 1 N–H and O–H groups in total. The molecule has 49 heavy (non-hydrogen) atoms. The van der Waals surface area contributed by atoms with Crippen molar-refractivity contribution in [2.24, 2.45) is 5.92 Å². The van der Waals surface area contributed by atoms with Gasteiger partial charge in [-0.25, -0.2) is 0 Å². The van der Waals surface area contributed by atoms with Gasteiger partial charge >= 0.3 is 0 Å². The first-order valence-corrected chi connectivity index (χ1v) is 20.6. The minimum atomic E-state index is 0. The fraction of sp³-hybridized carbons (Fsp3) is 0.867. The van der Waals surface area contributed by atoms with E-state index >= 15 is 0 Å². The SMILES string of the molecule is C.C.C.C=CCBr.C=CCCCC.C=CCCCC.CCC.CCC.CCCCC(CO)CCC.CCCCC1CO1.CCCCC1CO1. The maximum atomic E-state index is 8.88. The van der Waals surface area contributed by atoms with E-state index in [-0.39, 0.29) is 22.3 Å². The molecule has 2 heterocycles. The average Bonchev–Trinajstić information content (AvgIpc) is 4.01. The van der Waals surface area contributed by atoms with Gasteiger partial charge in [-0.15, -0.1) is 19.7 Å². The highest BCUT2D eigenvalue weighted by Crippen LogP contribution is 2.16. The molecular formula is C45H101BrO3. The number of alkyl halides is 1. The second-order valence-corrected chi connectivity index (χ2v) is 12.5. The zero-order valence-corrected chi connectivity index (χ0v) is 35.1. The van der Waals surface area contributed by atoms with Gasteiger partial charge in [0.05, 0.1) is 25.4 Å². The minimum Gasteiger partial charge on any atom is -0.396 e. The van der Waals surface area contributed by atoms with Gasteiger partial charge in [0.25, 0.3) is 0 Å². The highest BCUT2D eigenvalue weighted by atomic mass is 79.9. The number of aliphatic hydroxyl groups is 1. The third-order valence-electron chi connectivity index (χ3n) is 6.12. The molecule has 2 fully saturated rings. The van der Waals surface area contributed by atoms with Crippen LogP contribution in [0.1, 0.15) is 214 Å². The molecule has 2 aliphatic heterocycles. The van der Waals surface area contributed by atoms with Gasteiger partial charge in [-0.3, -0.25) is 0 Å². The largest absolute Gasteiger partial charge is 0.396 e. The van der Waals surface area contributed by atoms with E-state index in [4.69, 9.17) is 14.6 Å². The molecule has 306 valence electrons. The predicted octanol–water partition coefficient (Wildman–Crippen LogP) is 16.8. The Morgan fingerprint density at radius 1 is 0.571 bits per heavy atom. The van der Waals surface area contributed by atoms with Gasteiger partial charge in [0.1, 0.15) is 0 Å². The molecule has 0 saturated carbocycles. The highest BCUT2D eigenvalue weighted by molar-refractivity contribution is 9.09. The predicted molar refractivity (Wildman–Crippen MR) is 239 cm³/mol. The monoisotopic (exact) mass is 769 g/mol. The molecule has 0 aliphatic carbocycles. The van der Waals surface area contributed by atoms with Gasteiger partial charge in [0.2, 0.25) is 0 Å². The van der Waals surface area contributed by atoms with Gasteiger partial charge in [0, 0.05) is 11.9 Å². The smallest absolute Gasteiger partial charge is 0.0810 e. The maximum Gasteiger partial charge on any atom is 0.0810 e. The third-order valence-corrected chi connectivity index (χ3v) is 6.58. The number of hydrogen-bond acceptors (Lipinski definition) is 3. The molecule has 0 bridgehead atoms. The lowest BCUT2D eigenvalue weighted by molar-refractivity contribution is 0.207. The van der Waals surface area contributed by atoms with Crippen molar-refractivity contribution in [1.82, 2.24) is 0 Å². The quantitative estimate of drug-likeness (QED) is 0.0616. The molecule has 3 nitrogen and oxygen atoms in total. The number of aliphatic hydroxyl groups excluding tert-OH is 1. The molecule has 2 rings (SSSR count). The van der Waals surface area contributed by atoms with E-state index in [0.717, 1.165) is 18.5 Å². The minimum absolute atomic E-state index is 0. The van der Waals surface area contributed by atoms with Crippen LogP contribution in [0.25, 0.3) is 0 Å². The molecule has 2 aliphatic rings. The summed E-state index contributed by atoms with van der Waals surface area (Å²) in [4.78, 5) is 0. The van der Waals surface area contributed by atoms with Crippen molar-refractivity contribution in [2.75, 3.05) is 25.2 Å². The van der Waals surface area contributed by atoms with Crippen LogP contribution in [-0.2, 0) is 9.47 Å². The van der Waals surface area contributed by atoms with Gasteiger partial charge in [0.15, 0.2) is 0 Å². The van der Waals surface area contributed by atoms with Crippen molar-refractivity contribution >= 4 is 15.9 Å². The Labute approximate surface area is 324 Å². The van der Waals surface area contributed by atoms with Crippen LogP contribution in [0.2, 0.25) is 0 Å². The highest BCUT2D eigenvalue weighted by Gasteiger charge is 2.20. The third kappa shape index (κ3) is 113. The topological polar surface area (TPSA) is 45.3 Å². The van der Waals surface area contributed by atoms with Crippen LogP contribution in [0.5, 0.6) is 0 Å². The summed E-state index contributed by atoms with van der Waals surface area (Å²) in [6.45, 7) is 34.7. The van der Waals surface area contributed by atoms with Crippen LogP contribution in [0.3, 0.4) is 0 Å². The van der Waals surface area contributed by atoms with Crippen LogP contribution in [0.4, 0.5) is 0 Å². The number of allylic oxidation sites excluding steroid dienone is 3. The second kappa shape index (κ2) is 77.2. The first-order valence-electron chi connectivity index (χ1n) is 19.5. The molecule has 3 atom stereocenters. The van der Waals surface area contributed by atoms with Gasteiger partial charge < -0.3 is 14.6 Å². The molecule has 0 aromatic carbocycles. The van der Waals surface area contributed by atoms with E-state index in [0.29, 0.717) is 24.7 Å². The van der Waals surface area contributed by atoms with E-state index in [1.54, 1.807) is 6.08 Å². The summed E-state index contributed by atoms with van der Waals surface area (Å²) in [5.74, 6) is 0.574. The normalized spacial score (nSPS) is 14.0. The molecular weight excluding hydrogens is 668 g/mol. The number of unbranched alkanes of at least 4 members (excludes halogenated alkanes) is 7. The molecule has 4 heteroatoms. The lowest BCUT2D eigenvalue weighted by Gasteiger charge is -2.10. The van der Waals surface area contributed by atoms with E-state index in [2.05, 4.69) is 105 Å². The van der Waals surface area contributed by atoms with E-state index < -0.39 is 0 Å². The summed E-state index contributed by atoms with van der Waals surface area (Å²) in [6.07, 6.45) is 31.0. The van der Waals surface area contributed by atoms with Gasteiger partial charge in [-0.1, -0.05) is 209 Å². The fourth-order valence-electron chi connectivity index (χ4n) is 3.26. The molecule has 0 amide bonds. The number of ether oxygens (including phenoxy) is 2. The molecule has 0 aromatic heterocycles. The number of epoxide rings is 2. The lowest BCUT2D eigenvalue weighted by atomic mass is 9.98. The van der Waals surface area contributed by atoms with Crippen LogP contribution in [-0.4, -0.2) is 42.5 Å². The molecule has 0 radical (unpaired) electrons. The van der Waals surface area contributed by atoms with Gasteiger partial charge in [-0.05, 0) is 44.4 Å². The standard InChI is InChI=1S/C9H20O.2C6H12O.2C6H12.C3H5Br.2C3H8.3CH4/c1-3-5-7-9(8-10)6-4-2;2*1-2-3-4-6-5-7-6;2*1-3-5-6-4-2;1-2-3-4;2*1-3-2;;;/h9-10H,3-8H2,1-2H3;2*6H,2-5H2,1H3;2*3H,1,4-6H2,2H3;2H,1,3H2;2*3H2,1-2H3;3*1H4. The number of halogens is 1. The Morgan fingerprint density at radius 2 is 0.878 bits per heavy atom. The Hall–Kier alpha value is -0.420. The maximum absolute atomic E-state index is 8.88. The van der Waals surface area contributed by atoms with Crippen molar-refractivity contribution in [3.05, 3.63) is 38.0 Å². The van der Waals surface area contributed by atoms with E-state index in [1.807, 2.05) is 12.2 Å². The Morgan fingerprint density at radius 3 is 1.04 bits per heavy atom. The van der Waals surface area contributed by atoms with Crippen molar-refractivity contribution in [3.63, 3.8) is 0 Å². The summed E-state index contributed by atoms with van der Waals surface area (Å²) in [5.41, 5.74) is 0. The van der Waals surface area contributed by atoms with Crippen molar-refractivity contribution in [2.45, 2.75) is 226 Å². The fourth-order valence-corrected chi connectivity index (χ4v) is 3.26.